The maximum Gasteiger partial charge on any atom is 0.146 e. The fraction of sp³-hybridized carbons (Fsp3) is 0.450. The second kappa shape index (κ2) is 12.5. The van der Waals surface area contributed by atoms with Gasteiger partial charge in [-0.3, -0.25) is 0 Å². The van der Waals surface area contributed by atoms with Crippen molar-refractivity contribution in [2.75, 3.05) is 0 Å². The maximum atomic E-state index is 4.10. The molecule has 0 radical (unpaired) electrons. The molecule has 230 valence electrons. The molecule has 4 heteroatoms. The van der Waals surface area contributed by atoms with Crippen LogP contribution < -0.4 is 0 Å². The van der Waals surface area contributed by atoms with Gasteiger partial charge >= 0.3 is 0 Å². The van der Waals surface area contributed by atoms with E-state index in [9.17, 15) is 0 Å². The summed E-state index contributed by atoms with van der Waals surface area (Å²) in [6.45, 7) is 28.9. The molecule has 0 N–H and O–H groups in total. The largest absolute Gasteiger partial charge is 0.146 e. The molecular weight excluding hydrogens is 601 g/mol. The molecule has 0 aliphatic heterocycles. The average Bonchev–Trinajstić information content (AvgIpc) is 3.59. The summed E-state index contributed by atoms with van der Waals surface area (Å²) < 4.78 is 2.65. The third-order valence-corrected chi connectivity index (χ3v) is 25.1. The molecule has 5 aromatic rings. The molecule has 0 fully saturated rings. The lowest BCUT2D eigenvalue weighted by Gasteiger charge is -2.38. The smallest absolute Gasteiger partial charge is 0.144 e. The van der Waals surface area contributed by atoms with Gasteiger partial charge in [0.15, 0.2) is 0 Å². The first-order chi connectivity index (χ1) is 20.7. The molecule has 0 amide bonds. The molecule has 5 rings (SSSR count). The maximum absolute atomic E-state index is 4.10. The summed E-state index contributed by atoms with van der Waals surface area (Å²) in [7, 11) is -3.87. The van der Waals surface area contributed by atoms with Crippen LogP contribution in [0.2, 0.25) is 33.2 Å². The Balaban J connectivity index is 1.98. The highest BCUT2D eigenvalue weighted by Gasteiger charge is 2.42. The van der Waals surface area contributed by atoms with Crippen LogP contribution in [-0.4, -0.2) is 16.1 Å². The van der Waals surface area contributed by atoms with E-state index >= 15 is 0 Å². The molecule has 0 aliphatic rings. The molecule has 2 aromatic heterocycles. The van der Waals surface area contributed by atoms with Gasteiger partial charge in [0.25, 0.3) is 0 Å². The predicted molar refractivity (Wildman–Crippen MR) is 208 cm³/mol. The summed E-state index contributed by atoms with van der Waals surface area (Å²) >= 11 is 3.65. The van der Waals surface area contributed by atoms with Gasteiger partial charge in [-0.1, -0.05) is 94.9 Å². The van der Waals surface area contributed by atoms with Gasteiger partial charge in [0.05, 0.1) is 0 Å². The third kappa shape index (κ3) is 5.31. The summed E-state index contributed by atoms with van der Waals surface area (Å²) in [5, 5.41) is 12.1. The van der Waals surface area contributed by atoms with Crippen molar-refractivity contribution in [1.29, 1.82) is 0 Å². The van der Waals surface area contributed by atoms with Crippen LogP contribution in [0.25, 0.3) is 41.7 Å². The molecule has 0 saturated carbocycles. The zero-order valence-corrected chi connectivity index (χ0v) is 32.5. The SMILES string of the molecule is CC(C)[Si](C#Cc1c2cc3ccsc3cc2c(C#C[Si](C(C)C)(C(C)C)C(C)C)c2cc3ccsc3cc12)(C(C)C)C(C)C. The first kappa shape index (κ1) is 33.0. The van der Waals surface area contributed by atoms with E-state index in [4.69, 9.17) is 0 Å². The Morgan fingerprint density at radius 2 is 0.750 bits per heavy atom. The van der Waals surface area contributed by atoms with Gasteiger partial charge in [-0.25, -0.2) is 0 Å². The normalized spacial score (nSPS) is 13.0. The standard InChI is InChI=1S/C40H50S2Si2/c1-25(2)43(26(3)4,27(5)6)19-15-33-35-21-31-13-17-42-40(31)24-38(35)34(16-20-44(28(7)8,29(9)10)30(11)12)36-22-32-14-18-41-39(32)23-37(33)36/h13-14,17-18,21-30H,1-12H3. The zero-order chi connectivity index (χ0) is 32.1. The molecule has 2 heterocycles. The fourth-order valence-corrected chi connectivity index (χ4v) is 20.6. The summed E-state index contributed by atoms with van der Waals surface area (Å²) in [4.78, 5) is 0. The van der Waals surface area contributed by atoms with Crippen LogP contribution >= 0.6 is 22.7 Å². The van der Waals surface area contributed by atoms with E-state index in [2.05, 4.69) is 153 Å². The van der Waals surface area contributed by atoms with Crippen molar-refractivity contribution in [3.63, 3.8) is 0 Å². The first-order valence-corrected chi connectivity index (χ1v) is 22.8. The Bertz CT molecular complexity index is 1690. The average molecular weight is 651 g/mol. The van der Waals surface area contributed by atoms with E-state index < -0.39 is 16.1 Å². The predicted octanol–water partition coefficient (Wildman–Crippen LogP) is 13.6. The van der Waals surface area contributed by atoms with E-state index in [0.29, 0.717) is 33.2 Å². The molecule has 0 saturated heterocycles. The van der Waals surface area contributed by atoms with Gasteiger partial charge in [-0.2, -0.15) is 0 Å². The Hall–Kier alpha value is -2.35. The zero-order valence-electron chi connectivity index (χ0n) is 28.9. The molecule has 0 spiro atoms. The van der Waals surface area contributed by atoms with Crippen molar-refractivity contribution < 1.29 is 0 Å². The van der Waals surface area contributed by atoms with Gasteiger partial charge in [0.2, 0.25) is 0 Å². The van der Waals surface area contributed by atoms with Crippen LogP contribution in [0.3, 0.4) is 0 Å². The highest BCUT2D eigenvalue weighted by atomic mass is 32.1. The van der Waals surface area contributed by atoms with Crippen LogP contribution in [-0.2, 0) is 0 Å². The Morgan fingerprint density at radius 3 is 1.05 bits per heavy atom. The molecule has 44 heavy (non-hydrogen) atoms. The third-order valence-electron chi connectivity index (χ3n) is 10.8. The van der Waals surface area contributed by atoms with Crippen LogP contribution in [0.4, 0.5) is 0 Å². The van der Waals surface area contributed by atoms with Crippen molar-refractivity contribution in [2.24, 2.45) is 0 Å². The first-order valence-electron chi connectivity index (χ1n) is 16.6. The summed E-state index contributed by atoms with van der Waals surface area (Å²) in [5.41, 5.74) is 14.1. The van der Waals surface area contributed by atoms with E-state index in [1.165, 1.54) is 52.8 Å². The van der Waals surface area contributed by atoms with Crippen molar-refractivity contribution >= 4 is 80.5 Å². The molecule has 0 bridgehead atoms. The van der Waals surface area contributed by atoms with E-state index in [0.717, 1.165) is 0 Å². The van der Waals surface area contributed by atoms with Gasteiger partial charge in [-0.15, -0.1) is 33.8 Å². The monoisotopic (exact) mass is 650 g/mol. The highest BCUT2D eigenvalue weighted by molar-refractivity contribution is 7.17. The number of fused-ring (bicyclic) bond motifs is 4. The fourth-order valence-electron chi connectivity index (χ4n) is 8.61. The van der Waals surface area contributed by atoms with Crippen LogP contribution in [0.15, 0.2) is 47.2 Å². The lowest BCUT2D eigenvalue weighted by molar-refractivity contribution is 0.838. The van der Waals surface area contributed by atoms with E-state index in [1.807, 2.05) is 22.7 Å². The van der Waals surface area contributed by atoms with Crippen molar-refractivity contribution in [2.45, 2.75) is 116 Å². The molecule has 0 atom stereocenters. The van der Waals surface area contributed by atoms with Gasteiger partial charge < -0.3 is 0 Å². The highest BCUT2D eigenvalue weighted by Crippen LogP contribution is 2.44. The molecule has 0 nitrogen and oxygen atoms in total. The van der Waals surface area contributed by atoms with Crippen molar-refractivity contribution in [1.82, 2.24) is 0 Å². The van der Waals surface area contributed by atoms with E-state index in [-0.39, 0.29) is 0 Å². The summed E-state index contributed by atoms with van der Waals surface area (Å²) in [6, 6.07) is 14.2. The van der Waals surface area contributed by atoms with Gasteiger partial charge in [0.1, 0.15) is 16.1 Å². The van der Waals surface area contributed by atoms with Gasteiger partial charge in [-0.05, 0) is 102 Å². The number of hydrogen-bond acceptors (Lipinski definition) is 2. The van der Waals surface area contributed by atoms with Crippen molar-refractivity contribution in [3.8, 4) is 22.9 Å². The van der Waals surface area contributed by atoms with E-state index in [1.54, 1.807) is 0 Å². The number of rotatable bonds is 6. The molecule has 0 aliphatic carbocycles. The number of benzene rings is 3. The Morgan fingerprint density at radius 1 is 0.455 bits per heavy atom. The lowest BCUT2D eigenvalue weighted by Crippen LogP contribution is -2.43. The molecule has 3 aromatic carbocycles. The number of hydrogen-bond donors (Lipinski definition) is 0. The quantitative estimate of drug-likeness (QED) is 0.0974. The molecular formula is C40H50S2Si2. The Labute approximate surface area is 276 Å². The molecule has 0 unspecified atom stereocenters. The second-order valence-corrected chi connectivity index (χ2v) is 27.8. The minimum Gasteiger partial charge on any atom is -0.144 e. The van der Waals surface area contributed by atoms with Crippen molar-refractivity contribution in [3.05, 3.63) is 58.3 Å². The minimum absolute atomic E-state index is 0.589. The van der Waals surface area contributed by atoms with Crippen LogP contribution in [0, 0.1) is 22.9 Å². The lowest BCUT2D eigenvalue weighted by atomic mass is 9.91. The Kier molecular flexibility index (Phi) is 9.35. The minimum atomic E-state index is -1.94. The number of thiophene rings is 2. The topological polar surface area (TPSA) is 0 Å². The second-order valence-electron chi connectivity index (χ2n) is 14.8. The van der Waals surface area contributed by atoms with Gasteiger partial charge in [0, 0.05) is 31.3 Å². The summed E-state index contributed by atoms with van der Waals surface area (Å²) in [6.07, 6.45) is 0. The summed E-state index contributed by atoms with van der Waals surface area (Å²) in [5.74, 6) is 7.93. The van der Waals surface area contributed by atoms with Crippen LogP contribution in [0.1, 0.15) is 94.2 Å². The van der Waals surface area contributed by atoms with Crippen LogP contribution in [0.5, 0.6) is 0 Å².